The fourth-order valence-corrected chi connectivity index (χ4v) is 6.86. The number of benzene rings is 2. The summed E-state index contributed by atoms with van der Waals surface area (Å²) in [6, 6.07) is 18.1. The quantitative estimate of drug-likeness (QED) is 0.0983. The Morgan fingerprint density at radius 2 is 1.63 bits per heavy atom. The summed E-state index contributed by atoms with van der Waals surface area (Å²) >= 11 is 0. The van der Waals surface area contributed by atoms with E-state index < -0.39 is 5.76 Å². The SMILES string of the molecule is CC.CC.CCC/C(=C(/C=O)Cc1ccc(-c2ccccc2-c2noc(=O)[nH]2)cc1)n1nccc1C(CC)CC1CCCCC1.O=C(CO)C1CC1. The first kappa shape index (κ1) is 42.0. The number of hydrogen-bond acceptors (Lipinski definition) is 7. The van der Waals surface area contributed by atoms with Crippen LogP contribution >= 0.6 is 0 Å². The molecule has 1 atom stereocenters. The molecule has 6 rings (SSSR count). The monoisotopic (exact) mass is 712 g/mol. The molecule has 2 aromatic heterocycles. The second kappa shape index (κ2) is 22.5. The van der Waals surface area contributed by atoms with Crippen LogP contribution in [0.2, 0.25) is 0 Å². The van der Waals surface area contributed by atoms with E-state index in [4.69, 9.17) is 14.7 Å². The van der Waals surface area contributed by atoms with Crippen LogP contribution in [-0.4, -0.2) is 43.7 Å². The molecule has 2 aliphatic carbocycles. The smallest absolute Gasteiger partial charge is 0.389 e. The molecule has 2 N–H and O–H groups in total. The highest BCUT2D eigenvalue weighted by Gasteiger charge is 2.28. The topological polar surface area (TPSA) is 131 Å². The number of carbonyl (C=O) groups excluding carboxylic acids is 2. The van der Waals surface area contributed by atoms with Crippen LogP contribution in [0.4, 0.5) is 0 Å². The number of aromatic nitrogens is 4. The molecule has 0 bridgehead atoms. The first-order valence-electron chi connectivity index (χ1n) is 19.5. The lowest BCUT2D eigenvalue weighted by atomic mass is 9.81. The number of nitrogens with one attached hydrogen (secondary N) is 1. The number of Topliss-reactive ketones (excluding diaryl/α,β-unsaturated/α-hetero) is 1. The van der Waals surface area contributed by atoms with E-state index >= 15 is 0 Å². The van der Waals surface area contributed by atoms with Crippen LogP contribution in [0.15, 0.2) is 75.7 Å². The number of allylic oxidation sites excluding steroid dienone is 2. The van der Waals surface area contributed by atoms with Crippen molar-refractivity contribution in [1.29, 1.82) is 0 Å². The lowest BCUT2D eigenvalue weighted by Gasteiger charge is -2.27. The van der Waals surface area contributed by atoms with Gasteiger partial charge in [-0.3, -0.25) is 19.1 Å². The predicted octanol–water partition coefficient (Wildman–Crippen LogP) is 9.82. The molecular formula is C43H60N4O5. The van der Waals surface area contributed by atoms with Gasteiger partial charge in [-0.15, -0.1) is 0 Å². The molecule has 2 heterocycles. The maximum absolute atomic E-state index is 12.5. The first-order chi connectivity index (χ1) is 25.4. The summed E-state index contributed by atoms with van der Waals surface area (Å²) in [7, 11) is 0. The van der Waals surface area contributed by atoms with Gasteiger partial charge in [0, 0.05) is 47.0 Å². The van der Waals surface area contributed by atoms with Crippen molar-refractivity contribution < 1.29 is 19.2 Å². The van der Waals surface area contributed by atoms with Gasteiger partial charge in [-0.1, -0.05) is 134 Å². The number of H-pyrrole nitrogens is 1. The fourth-order valence-electron chi connectivity index (χ4n) is 6.86. The number of aliphatic hydroxyl groups is 1. The second-order valence-electron chi connectivity index (χ2n) is 13.1. The third-order valence-corrected chi connectivity index (χ3v) is 9.65. The minimum atomic E-state index is -0.583. The third-order valence-electron chi connectivity index (χ3n) is 9.65. The molecule has 1 unspecified atom stereocenters. The zero-order valence-corrected chi connectivity index (χ0v) is 32.2. The predicted molar refractivity (Wildman–Crippen MR) is 210 cm³/mol. The zero-order chi connectivity index (χ0) is 37.9. The second-order valence-corrected chi connectivity index (χ2v) is 13.1. The Morgan fingerprint density at radius 3 is 2.17 bits per heavy atom. The average Bonchev–Trinajstić information content (AvgIpc) is 3.79. The molecule has 0 saturated heterocycles. The normalized spacial score (nSPS) is 15.1. The van der Waals surface area contributed by atoms with Crippen LogP contribution in [0.25, 0.3) is 28.2 Å². The molecule has 2 aliphatic rings. The summed E-state index contributed by atoms with van der Waals surface area (Å²) in [6.45, 7) is 12.2. The number of nitrogens with zero attached hydrogens (tertiary/aromatic N) is 3. The summed E-state index contributed by atoms with van der Waals surface area (Å²) in [5, 5.41) is 16.8. The third kappa shape index (κ3) is 11.8. The van der Waals surface area contributed by atoms with Crippen LogP contribution in [-0.2, 0) is 16.0 Å². The standard InChI is InChI=1S/C34H40N4O3.C5H8O2.2C2H6/c1-3-10-31(38-32(19-20-35-38)26(4-2)21-24-11-6-5-7-12-24)28(23-39)22-25-15-17-27(18-16-25)29-13-8-9-14-30(29)33-36-34(40)41-37-33;6-3-5(7)4-1-2-4;2*1-2/h8-9,13-20,23-24,26H,3-7,10-12,21-22H2,1-2H3,(H,36,37,40);4,6H,1-3H2;2*1-2H3/b31-28-;;;. The molecule has 2 fully saturated rings. The van der Waals surface area contributed by atoms with Crippen molar-refractivity contribution in [2.45, 2.75) is 125 Å². The van der Waals surface area contributed by atoms with E-state index in [1.807, 2.05) is 70.3 Å². The molecular weight excluding hydrogens is 652 g/mol. The molecule has 282 valence electrons. The largest absolute Gasteiger partial charge is 0.439 e. The number of ketones is 1. The molecule has 9 heteroatoms. The Morgan fingerprint density at radius 1 is 0.962 bits per heavy atom. The van der Waals surface area contributed by atoms with Crippen molar-refractivity contribution in [3.8, 4) is 22.5 Å². The Labute approximate surface area is 309 Å². The van der Waals surface area contributed by atoms with Crippen LogP contribution in [0.1, 0.15) is 129 Å². The molecule has 0 radical (unpaired) electrons. The maximum atomic E-state index is 12.5. The lowest BCUT2D eigenvalue weighted by Crippen LogP contribution is -2.16. The van der Waals surface area contributed by atoms with Crippen LogP contribution < -0.4 is 5.76 Å². The van der Waals surface area contributed by atoms with Crippen LogP contribution in [0.5, 0.6) is 0 Å². The Bertz CT molecular complexity index is 1720. The van der Waals surface area contributed by atoms with Gasteiger partial charge in [0.05, 0.1) is 0 Å². The van der Waals surface area contributed by atoms with Gasteiger partial charge in [0.15, 0.2) is 11.6 Å². The number of aliphatic hydroxyl groups excluding tert-OH is 1. The summed E-state index contributed by atoms with van der Waals surface area (Å²) in [4.78, 5) is 37.0. The molecule has 52 heavy (non-hydrogen) atoms. The summed E-state index contributed by atoms with van der Waals surface area (Å²) < 4.78 is 6.80. The number of hydrogen-bond donors (Lipinski definition) is 2. The van der Waals surface area contributed by atoms with Gasteiger partial charge in [-0.25, -0.2) is 9.48 Å². The first-order valence-corrected chi connectivity index (χ1v) is 19.5. The molecule has 2 aromatic carbocycles. The summed E-state index contributed by atoms with van der Waals surface area (Å²) in [5.74, 6) is 1.29. The fraction of sp³-hybridized carbons (Fsp3) is 0.512. The van der Waals surface area contributed by atoms with E-state index in [0.717, 1.165) is 77.8 Å². The number of rotatable bonds is 14. The van der Waals surface area contributed by atoms with Crippen molar-refractivity contribution in [1.82, 2.24) is 19.9 Å². The van der Waals surface area contributed by atoms with Gasteiger partial charge in [0.25, 0.3) is 0 Å². The van der Waals surface area contributed by atoms with Crippen LogP contribution in [0, 0.1) is 11.8 Å². The van der Waals surface area contributed by atoms with E-state index in [1.165, 1.54) is 44.2 Å². The number of carbonyl (C=O) groups is 2. The van der Waals surface area contributed by atoms with Gasteiger partial charge in [-0.2, -0.15) is 5.10 Å². The van der Waals surface area contributed by atoms with Crippen molar-refractivity contribution >= 4 is 17.8 Å². The highest BCUT2D eigenvalue weighted by atomic mass is 16.5. The molecule has 2 saturated carbocycles. The van der Waals surface area contributed by atoms with Gasteiger partial charge in [0.1, 0.15) is 12.9 Å². The van der Waals surface area contributed by atoms with Crippen molar-refractivity contribution in [2.24, 2.45) is 11.8 Å². The van der Waals surface area contributed by atoms with Gasteiger partial charge < -0.3 is 5.11 Å². The van der Waals surface area contributed by atoms with Crippen LogP contribution in [0.3, 0.4) is 0 Å². The van der Waals surface area contributed by atoms with Gasteiger partial charge >= 0.3 is 5.76 Å². The number of aldehydes is 1. The minimum Gasteiger partial charge on any atom is -0.389 e. The lowest BCUT2D eigenvalue weighted by molar-refractivity contribution is -0.122. The summed E-state index contributed by atoms with van der Waals surface area (Å²) in [6.07, 6.45) is 16.2. The van der Waals surface area contributed by atoms with E-state index in [2.05, 4.69) is 46.9 Å². The van der Waals surface area contributed by atoms with Gasteiger partial charge in [0.2, 0.25) is 0 Å². The highest BCUT2D eigenvalue weighted by molar-refractivity contribution is 5.84. The zero-order valence-electron chi connectivity index (χ0n) is 32.2. The molecule has 9 nitrogen and oxygen atoms in total. The average molecular weight is 713 g/mol. The van der Waals surface area contributed by atoms with Crippen molar-refractivity contribution in [3.05, 3.63) is 88.2 Å². The van der Waals surface area contributed by atoms with E-state index in [0.29, 0.717) is 18.2 Å². The number of aromatic amines is 1. The van der Waals surface area contributed by atoms with E-state index in [9.17, 15) is 14.4 Å². The molecule has 0 spiro atoms. The minimum absolute atomic E-state index is 0.0139. The van der Waals surface area contributed by atoms with E-state index in [1.54, 1.807) is 0 Å². The Kier molecular flexibility index (Phi) is 18.2. The van der Waals surface area contributed by atoms with E-state index in [-0.39, 0.29) is 18.3 Å². The Balaban J connectivity index is 0.000000579. The summed E-state index contributed by atoms with van der Waals surface area (Å²) in [5.41, 5.74) is 6.78. The van der Waals surface area contributed by atoms with Crippen molar-refractivity contribution in [2.75, 3.05) is 6.61 Å². The van der Waals surface area contributed by atoms with Crippen molar-refractivity contribution in [3.63, 3.8) is 0 Å². The molecule has 4 aromatic rings. The highest BCUT2D eigenvalue weighted by Crippen LogP contribution is 2.36. The van der Waals surface area contributed by atoms with Gasteiger partial charge in [-0.05, 0) is 60.8 Å². The molecule has 0 aliphatic heterocycles. The molecule has 0 amide bonds. The maximum Gasteiger partial charge on any atom is 0.439 e. The Hall–Kier alpha value is -4.37.